The lowest BCUT2D eigenvalue weighted by molar-refractivity contribution is -0.161. The molecule has 95 heavy (non-hydrogen) atoms. The lowest BCUT2D eigenvalue weighted by Crippen LogP contribution is -2.30. The highest BCUT2D eigenvalue weighted by molar-refractivity contribution is 7.47. The second kappa shape index (κ2) is 68.7. The monoisotopic (exact) mass is 1390 g/mol. The fourth-order valence-corrected chi connectivity index (χ4v) is 12.7. The van der Waals surface area contributed by atoms with Crippen LogP contribution in [0.25, 0.3) is 0 Å². The number of aliphatic hydroxyl groups is 1. The maximum absolute atomic E-state index is 13.1. The number of rotatable bonds is 74. The summed E-state index contributed by atoms with van der Waals surface area (Å²) in [5, 5.41) is 10.6. The van der Waals surface area contributed by atoms with Gasteiger partial charge in [0.25, 0.3) is 0 Å². The van der Waals surface area contributed by atoms with Gasteiger partial charge in [0.2, 0.25) is 0 Å². The Morgan fingerprint density at radius 3 is 0.863 bits per heavy atom. The molecule has 560 valence electrons. The molecule has 0 aromatic rings. The Morgan fingerprint density at radius 2 is 0.568 bits per heavy atom. The molecule has 0 amide bonds. The number of unbranched alkanes of at least 4 members (excludes halogenated alkanes) is 43. The molecule has 2 unspecified atom stereocenters. The average Bonchev–Trinajstić information content (AvgIpc) is 1.30. The fourth-order valence-electron chi connectivity index (χ4n) is 11.2. The van der Waals surface area contributed by atoms with Crippen molar-refractivity contribution >= 4 is 39.5 Å². The van der Waals surface area contributed by atoms with E-state index in [0.717, 1.165) is 115 Å². The first-order valence-corrected chi connectivity index (χ1v) is 41.9. The highest BCUT2D eigenvalue weighted by Gasteiger charge is 2.30. The van der Waals surface area contributed by atoms with Crippen LogP contribution in [0.15, 0.2) is 24.3 Å². The molecule has 3 N–H and O–H groups in total. The van der Waals surface area contributed by atoms with E-state index >= 15 is 0 Å². The van der Waals surface area contributed by atoms with Gasteiger partial charge in [-0.3, -0.25) is 37.3 Å². The van der Waals surface area contributed by atoms with Crippen molar-refractivity contribution in [3.05, 3.63) is 24.3 Å². The van der Waals surface area contributed by atoms with Crippen LogP contribution in [0.1, 0.15) is 375 Å². The largest absolute Gasteiger partial charge is 0.472 e. The number of allylic oxidation sites excluding steroid dienone is 4. The number of phosphoric ester groups is 2. The maximum atomic E-state index is 13.1. The summed E-state index contributed by atoms with van der Waals surface area (Å²) in [7, 11) is -9.91. The van der Waals surface area contributed by atoms with E-state index in [0.29, 0.717) is 25.7 Å². The van der Waals surface area contributed by atoms with E-state index in [2.05, 4.69) is 58.9 Å². The van der Waals surface area contributed by atoms with Gasteiger partial charge < -0.3 is 33.8 Å². The first-order chi connectivity index (χ1) is 46.0. The van der Waals surface area contributed by atoms with Crippen molar-refractivity contribution in [1.82, 2.24) is 0 Å². The zero-order valence-corrected chi connectivity index (χ0v) is 63.1. The first kappa shape index (κ1) is 92.5. The minimum atomic E-state index is -4.96. The molecule has 0 bridgehead atoms. The minimum absolute atomic E-state index is 0.0844. The Labute approximate surface area is 580 Å². The number of hydrogen-bond acceptors (Lipinski definition) is 15. The fraction of sp³-hybridized carbons (Fsp3) is 0.895. The van der Waals surface area contributed by atoms with Crippen LogP contribution in [0.3, 0.4) is 0 Å². The standard InChI is InChI=1S/C76H144O17P2/c1-6-9-12-15-17-19-21-23-25-30-33-37-41-45-50-55-60-74(79)87-66-72(93-76(81)62-57-52-47-43-39-35-31-27-26-29-32-36-40-44-49-53-58-69(4)5)68-91-95(84,85)89-64-70(77)63-88-94(82,83)90-67-71(65-86-73(78)59-54-48-14-11-8-3)92-75(80)61-56-51-46-42-38-34-28-24-22-20-18-16-13-10-7-2/h20,22,24,28,69-72,77H,6-19,21,23,25-27,29-68H2,1-5H3,(H,82,83)(H,84,85)/b22-20-,28-24-/t70-,71+,72+/m0/s1. The van der Waals surface area contributed by atoms with Crippen LogP contribution < -0.4 is 0 Å². The zero-order valence-electron chi connectivity index (χ0n) is 61.3. The van der Waals surface area contributed by atoms with Gasteiger partial charge in [0.1, 0.15) is 19.3 Å². The summed E-state index contributed by atoms with van der Waals surface area (Å²) in [5.74, 6) is -1.35. The minimum Gasteiger partial charge on any atom is -0.462 e. The summed E-state index contributed by atoms with van der Waals surface area (Å²) in [6.07, 6.45) is 60.9. The third-order valence-electron chi connectivity index (χ3n) is 17.2. The lowest BCUT2D eigenvalue weighted by atomic mass is 10.0. The molecule has 17 nitrogen and oxygen atoms in total. The summed E-state index contributed by atoms with van der Waals surface area (Å²) in [6, 6.07) is 0. The maximum Gasteiger partial charge on any atom is 0.472 e. The Hall–Kier alpha value is -2.46. The Morgan fingerprint density at radius 1 is 0.326 bits per heavy atom. The SMILES string of the molecule is CCCCCC/C=C\C=C/CCCCCCCC(=O)O[C@H](COC(=O)CCCCCCC)COP(=O)(O)OC[C@H](O)COP(=O)(O)OC[C@@H](COC(=O)CCCCCCCCCCCCCCCCCC)OC(=O)CCCCCCCCCCCCCCCCCCC(C)C. The molecule has 0 aromatic heterocycles. The summed E-state index contributed by atoms with van der Waals surface area (Å²) in [4.78, 5) is 72.5. The molecule has 0 saturated carbocycles. The van der Waals surface area contributed by atoms with Crippen LogP contribution >= 0.6 is 15.6 Å². The van der Waals surface area contributed by atoms with E-state index in [9.17, 15) is 43.2 Å². The molecule has 0 heterocycles. The average molecular weight is 1390 g/mol. The van der Waals surface area contributed by atoms with Gasteiger partial charge in [-0.2, -0.15) is 0 Å². The Balaban J connectivity index is 5.17. The first-order valence-electron chi connectivity index (χ1n) is 39.0. The highest BCUT2D eigenvalue weighted by Crippen LogP contribution is 2.45. The van der Waals surface area contributed by atoms with Gasteiger partial charge >= 0.3 is 39.5 Å². The smallest absolute Gasteiger partial charge is 0.462 e. The van der Waals surface area contributed by atoms with Crippen molar-refractivity contribution in [3.8, 4) is 0 Å². The molecule has 0 spiro atoms. The molecule has 5 atom stereocenters. The van der Waals surface area contributed by atoms with Gasteiger partial charge in [0, 0.05) is 25.7 Å². The van der Waals surface area contributed by atoms with Crippen LogP contribution in [0, 0.1) is 5.92 Å². The second-order valence-electron chi connectivity index (χ2n) is 27.2. The third kappa shape index (κ3) is 69.8. The molecular weight excluding hydrogens is 1250 g/mol. The molecule has 0 saturated heterocycles. The van der Waals surface area contributed by atoms with Crippen molar-refractivity contribution in [1.29, 1.82) is 0 Å². The molecule has 0 aliphatic heterocycles. The number of carbonyl (C=O) groups is 4. The summed E-state index contributed by atoms with van der Waals surface area (Å²) in [6.45, 7) is 7.17. The third-order valence-corrected chi connectivity index (χ3v) is 19.1. The molecule has 0 aliphatic rings. The van der Waals surface area contributed by atoms with Gasteiger partial charge in [-0.25, -0.2) is 9.13 Å². The van der Waals surface area contributed by atoms with Gasteiger partial charge in [-0.05, 0) is 57.3 Å². The Bertz CT molecular complexity index is 1920. The van der Waals surface area contributed by atoms with Crippen LogP contribution in [0.2, 0.25) is 0 Å². The Kier molecular flexibility index (Phi) is 66.9. The van der Waals surface area contributed by atoms with Crippen molar-refractivity contribution in [2.75, 3.05) is 39.6 Å². The van der Waals surface area contributed by atoms with Gasteiger partial charge in [-0.15, -0.1) is 0 Å². The number of hydrogen-bond donors (Lipinski definition) is 3. The van der Waals surface area contributed by atoms with Gasteiger partial charge in [0.05, 0.1) is 26.4 Å². The van der Waals surface area contributed by atoms with Crippen LogP contribution in [0.5, 0.6) is 0 Å². The molecule has 0 fully saturated rings. The van der Waals surface area contributed by atoms with Crippen molar-refractivity contribution < 1.29 is 80.2 Å². The van der Waals surface area contributed by atoms with Crippen molar-refractivity contribution in [2.24, 2.45) is 5.92 Å². The zero-order chi connectivity index (χ0) is 69.8. The van der Waals surface area contributed by atoms with Gasteiger partial charge in [0.15, 0.2) is 12.2 Å². The number of esters is 4. The van der Waals surface area contributed by atoms with E-state index in [1.54, 1.807) is 0 Å². The predicted molar refractivity (Wildman–Crippen MR) is 386 cm³/mol. The molecule has 0 aromatic carbocycles. The highest BCUT2D eigenvalue weighted by atomic mass is 31.2. The van der Waals surface area contributed by atoms with E-state index in [-0.39, 0.29) is 25.7 Å². The molecule has 0 rings (SSSR count). The normalized spacial score (nSPS) is 14.1. The van der Waals surface area contributed by atoms with Crippen molar-refractivity contribution in [3.63, 3.8) is 0 Å². The van der Waals surface area contributed by atoms with Crippen molar-refractivity contribution in [2.45, 2.75) is 393 Å². The molecular formula is C76H144O17P2. The quantitative estimate of drug-likeness (QED) is 0.0169. The summed E-state index contributed by atoms with van der Waals surface area (Å²) in [5.41, 5.74) is 0. The number of ether oxygens (including phenoxy) is 4. The number of phosphoric acid groups is 2. The van der Waals surface area contributed by atoms with E-state index in [4.69, 9.17) is 37.0 Å². The predicted octanol–water partition coefficient (Wildman–Crippen LogP) is 22.0. The van der Waals surface area contributed by atoms with Gasteiger partial charge in [-0.1, -0.05) is 322 Å². The summed E-state index contributed by atoms with van der Waals surface area (Å²) < 4.78 is 68.3. The number of carbonyl (C=O) groups excluding carboxylic acids is 4. The van der Waals surface area contributed by atoms with Crippen LogP contribution in [0.4, 0.5) is 0 Å². The van der Waals surface area contributed by atoms with E-state index < -0.39 is 97.5 Å². The number of aliphatic hydroxyl groups excluding tert-OH is 1. The molecule has 0 radical (unpaired) electrons. The molecule has 19 heteroatoms. The second-order valence-corrected chi connectivity index (χ2v) is 30.1. The topological polar surface area (TPSA) is 237 Å². The van der Waals surface area contributed by atoms with Crippen LogP contribution in [-0.2, 0) is 65.4 Å². The van der Waals surface area contributed by atoms with E-state index in [1.165, 1.54) is 180 Å². The van der Waals surface area contributed by atoms with Crippen LogP contribution in [-0.4, -0.2) is 96.7 Å². The van der Waals surface area contributed by atoms with E-state index in [1.807, 2.05) is 0 Å². The summed E-state index contributed by atoms with van der Waals surface area (Å²) >= 11 is 0. The molecule has 0 aliphatic carbocycles. The lowest BCUT2D eigenvalue weighted by Gasteiger charge is -2.21.